The fourth-order valence-corrected chi connectivity index (χ4v) is 3.87. The van der Waals surface area contributed by atoms with E-state index >= 15 is 0 Å². The molecule has 0 aliphatic rings. The minimum absolute atomic E-state index is 0.241. The van der Waals surface area contributed by atoms with Gasteiger partial charge in [0.05, 0.1) is 27.2 Å². The summed E-state index contributed by atoms with van der Waals surface area (Å²) in [5, 5.41) is 0. The molecule has 0 spiro atoms. The molecule has 31 heavy (non-hydrogen) atoms. The number of anilines is 1. The van der Waals surface area contributed by atoms with Crippen LogP contribution >= 0.6 is 11.8 Å². The van der Waals surface area contributed by atoms with E-state index in [0.717, 1.165) is 29.1 Å². The number of rotatable bonds is 11. The standard InChI is InChI=1S/C21H27N5O4S/c1-4-5-10-30-20-24-18(22)17-19(25-20)26(21(23-17)29-3)9-11-31-15-8-6-7-14(12-15)13-16(27)28-2/h6-8,12H,4-5,9-11,13H2,1-3H3,(H2,22,24,25). The number of nitrogens with two attached hydrogens (primary N) is 1. The predicted octanol–water partition coefficient (Wildman–Crippen LogP) is 3.10. The lowest BCUT2D eigenvalue weighted by Crippen LogP contribution is -2.07. The van der Waals surface area contributed by atoms with Crippen LogP contribution in [0, 0.1) is 0 Å². The summed E-state index contributed by atoms with van der Waals surface area (Å²) < 4.78 is 17.7. The Morgan fingerprint density at radius 1 is 1.23 bits per heavy atom. The largest absolute Gasteiger partial charge is 0.469 e. The van der Waals surface area contributed by atoms with Crippen molar-refractivity contribution in [3.05, 3.63) is 29.8 Å². The van der Waals surface area contributed by atoms with E-state index in [1.54, 1.807) is 18.9 Å². The monoisotopic (exact) mass is 445 g/mol. The minimum Gasteiger partial charge on any atom is -0.469 e. The van der Waals surface area contributed by atoms with Gasteiger partial charge in [-0.25, -0.2) is 0 Å². The highest BCUT2D eigenvalue weighted by molar-refractivity contribution is 7.99. The van der Waals surface area contributed by atoms with Crippen molar-refractivity contribution in [2.24, 2.45) is 0 Å². The molecular formula is C21H27N5O4S. The van der Waals surface area contributed by atoms with Gasteiger partial charge in [0.15, 0.2) is 17.0 Å². The Morgan fingerprint density at radius 2 is 2.06 bits per heavy atom. The van der Waals surface area contributed by atoms with Crippen molar-refractivity contribution >= 4 is 34.7 Å². The van der Waals surface area contributed by atoms with Crippen molar-refractivity contribution < 1.29 is 19.0 Å². The van der Waals surface area contributed by atoms with Gasteiger partial charge < -0.3 is 19.9 Å². The number of nitrogens with zero attached hydrogens (tertiary/aromatic N) is 4. The molecule has 0 aliphatic carbocycles. The van der Waals surface area contributed by atoms with E-state index in [2.05, 4.69) is 21.9 Å². The number of esters is 1. The number of benzene rings is 1. The number of imidazole rings is 1. The third-order valence-corrected chi connectivity index (χ3v) is 5.51. The Balaban J connectivity index is 1.74. The molecule has 2 heterocycles. The normalized spacial score (nSPS) is 10.9. The van der Waals surface area contributed by atoms with Crippen LogP contribution in [0.5, 0.6) is 12.0 Å². The second-order valence-corrected chi connectivity index (χ2v) is 7.93. The van der Waals surface area contributed by atoms with E-state index in [1.807, 2.05) is 28.8 Å². The summed E-state index contributed by atoms with van der Waals surface area (Å²) in [6.45, 7) is 3.21. The molecule has 0 saturated carbocycles. The van der Waals surface area contributed by atoms with Gasteiger partial charge in [0.25, 0.3) is 6.01 Å². The number of thioether (sulfide) groups is 1. The molecule has 0 saturated heterocycles. The number of hydrogen-bond donors (Lipinski definition) is 1. The third kappa shape index (κ3) is 5.78. The zero-order valence-corrected chi connectivity index (χ0v) is 18.8. The van der Waals surface area contributed by atoms with Crippen LogP contribution in [0.3, 0.4) is 0 Å². The minimum atomic E-state index is -0.258. The van der Waals surface area contributed by atoms with Gasteiger partial charge in [-0.1, -0.05) is 25.5 Å². The molecule has 10 heteroatoms. The number of carbonyl (C=O) groups is 1. The Bertz CT molecular complexity index is 1040. The molecule has 0 aliphatic heterocycles. The predicted molar refractivity (Wildman–Crippen MR) is 120 cm³/mol. The first-order valence-corrected chi connectivity index (χ1v) is 11.0. The third-order valence-electron chi connectivity index (χ3n) is 4.54. The van der Waals surface area contributed by atoms with Crippen LogP contribution in [0.15, 0.2) is 29.2 Å². The van der Waals surface area contributed by atoms with Gasteiger partial charge in [-0.05, 0) is 24.1 Å². The van der Waals surface area contributed by atoms with E-state index in [1.165, 1.54) is 7.11 Å². The van der Waals surface area contributed by atoms with Crippen molar-refractivity contribution in [3.8, 4) is 12.0 Å². The Morgan fingerprint density at radius 3 is 2.81 bits per heavy atom. The topological polar surface area (TPSA) is 114 Å². The van der Waals surface area contributed by atoms with Gasteiger partial charge >= 0.3 is 12.0 Å². The number of aryl methyl sites for hydroxylation is 1. The number of unbranched alkanes of at least 4 members (excludes halogenated alkanes) is 1. The Labute approximate surface area is 185 Å². The number of ether oxygens (including phenoxy) is 3. The summed E-state index contributed by atoms with van der Waals surface area (Å²) >= 11 is 1.66. The molecule has 166 valence electrons. The van der Waals surface area contributed by atoms with E-state index in [4.69, 9.17) is 19.9 Å². The van der Waals surface area contributed by atoms with Crippen LogP contribution in [0.25, 0.3) is 11.2 Å². The molecule has 0 amide bonds. The number of methoxy groups -OCH3 is 2. The van der Waals surface area contributed by atoms with Crippen LogP contribution in [-0.4, -0.2) is 52.1 Å². The SMILES string of the molecule is CCCCOc1nc(N)c2nc(OC)n(CCSc3cccc(CC(=O)OC)c3)c2n1. The van der Waals surface area contributed by atoms with Gasteiger partial charge in [0.2, 0.25) is 0 Å². The zero-order valence-electron chi connectivity index (χ0n) is 18.0. The fraction of sp³-hybridized carbons (Fsp3) is 0.429. The van der Waals surface area contributed by atoms with E-state index < -0.39 is 0 Å². The second-order valence-electron chi connectivity index (χ2n) is 6.76. The van der Waals surface area contributed by atoms with Gasteiger partial charge in [-0.15, -0.1) is 11.8 Å². The molecule has 9 nitrogen and oxygen atoms in total. The number of nitrogen functional groups attached to an aromatic ring is 1. The first kappa shape index (κ1) is 22.7. The summed E-state index contributed by atoms with van der Waals surface area (Å²) in [6, 6.07) is 8.50. The molecule has 3 aromatic rings. The molecule has 3 rings (SSSR count). The number of aromatic nitrogens is 4. The van der Waals surface area contributed by atoms with E-state index in [-0.39, 0.29) is 24.2 Å². The number of hydrogen-bond acceptors (Lipinski definition) is 9. The van der Waals surface area contributed by atoms with Crippen LogP contribution < -0.4 is 15.2 Å². The van der Waals surface area contributed by atoms with E-state index in [9.17, 15) is 4.79 Å². The van der Waals surface area contributed by atoms with Gasteiger partial charge in [0, 0.05) is 17.2 Å². The first-order valence-electron chi connectivity index (χ1n) is 10.0. The Hall–Kier alpha value is -3.01. The molecule has 2 aromatic heterocycles. The van der Waals surface area contributed by atoms with Gasteiger partial charge in [-0.3, -0.25) is 9.36 Å². The maximum Gasteiger partial charge on any atom is 0.320 e. The van der Waals surface area contributed by atoms with Gasteiger partial charge in [-0.2, -0.15) is 15.0 Å². The summed E-state index contributed by atoms with van der Waals surface area (Å²) in [6.07, 6.45) is 2.18. The molecule has 1 aromatic carbocycles. The number of fused-ring (bicyclic) bond motifs is 1. The molecule has 0 unspecified atom stereocenters. The highest BCUT2D eigenvalue weighted by atomic mass is 32.2. The second kappa shape index (κ2) is 10.9. The maximum atomic E-state index is 11.5. The molecule has 0 radical (unpaired) electrons. The maximum absolute atomic E-state index is 11.5. The van der Waals surface area contributed by atoms with Crippen molar-refractivity contribution in [2.45, 2.75) is 37.6 Å². The van der Waals surface area contributed by atoms with E-state index in [0.29, 0.717) is 30.3 Å². The van der Waals surface area contributed by atoms with Crippen molar-refractivity contribution in [3.63, 3.8) is 0 Å². The Kier molecular flexibility index (Phi) is 7.94. The van der Waals surface area contributed by atoms with Crippen LogP contribution in [-0.2, 0) is 22.5 Å². The summed E-state index contributed by atoms with van der Waals surface area (Å²) in [5.74, 6) is 0.738. The molecule has 0 fully saturated rings. The molecule has 0 atom stereocenters. The van der Waals surface area contributed by atoms with Crippen molar-refractivity contribution in [1.29, 1.82) is 0 Å². The van der Waals surface area contributed by atoms with Crippen LogP contribution in [0.2, 0.25) is 0 Å². The summed E-state index contributed by atoms with van der Waals surface area (Å²) in [4.78, 5) is 25.7. The summed E-state index contributed by atoms with van der Waals surface area (Å²) in [5.41, 5.74) is 8.06. The lowest BCUT2D eigenvalue weighted by atomic mass is 10.1. The summed E-state index contributed by atoms with van der Waals surface area (Å²) in [7, 11) is 2.95. The number of carbonyl (C=O) groups excluding carboxylic acids is 1. The fourth-order valence-electron chi connectivity index (χ4n) is 2.95. The lowest BCUT2D eigenvalue weighted by Gasteiger charge is -2.09. The smallest absolute Gasteiger partial charge is 0.320 e. The first-order chi connectivity index (χ1) is 15.0. The lowest BCUT2D eigenvalue weighted by molar-refractivity contribution is -0.139. The van der Waals surface area contributed by atoms with Crippen molar-refractivity contribution in [1.82, 2.24) is 19.5 Å². The molecular weight excluding hydrogens is 418 g/mol. The zero-order chi connectivity index (χ0) is 22.2. The highest BCUT2D eigenvalue weighted by Gasteiger charge is 2.18. The quantitative estimate of drug-likeness (QED) is 0.270. The van der Waals surface area contributed by atoms with Crippen molar-refractivity contribution in [2.75, 3.05) is 32.3 Å². The highest BCUT2D eigenvalue weighted by Crippen LogP contribution is 2.27. The molecule has 0 bridgehead atoms. The van der Waals surface area contributed by atoms with Crippen LogP contribution in [0.1, 0.15) is 25.3 Å². The van der Waals surface area contributed by atoms with Crippen LogP contribution in [0.4, 0.5) is 5.82 Å². The van der Waals surface area contributed by atoms with Gasteiger partial charge in [0.1, 0.15) is 0 Å². The average Bonchev–Trinajstić information content (AvgIpc) is 3.12. The molecule has 2 N–H and O–H groups in total. The average molecular weight is 446 g/mol.